The Morgan fingerprint density at radius 3 is 2.33 bits per heavy atom. The highest BCUT2D eigenvalue weighted by molar-refractivity contribution is 5.79. The fourth-order valence-corrected chi connectivity index (χ4v) is 4.06. The zero-order valence-electron chi connectivity index (χ0n) is 14.6. The molecule has 1 saturated heterocycles. The molecule has 1 aliphatic carbocycles. The number of piperidine rings is 1. The molecule has 3 rings (SSSR count). The minimum absolute atomic E-state index is 0.218. The van der Waals surface area contributed by atoms with E-state index in [4.69, 9.17) is 5.73 Å². The Morgan fingerprint density at radius 2 is 1.71 bits per heavy atom. The number of nitrogens with zero attached hydrogens (tertiary/aromatic N) is 1. The van der Waals surface area contributed by atoms with E-state index in [2.05, 4.69) is 40.5 Å². The zero-order valence-corrected chi connectivity index (χ0v) is 14.6. The van der Waals surface area contributed by atoms with Crippen LogP contribution in [-0.2, 0) is 11.3 Å². The quantitative estimate of drug-likeness (QED) is 0.873. The maximum atomic E-state index is 12.5. The lowest BCUT2D eigenvalue weighted by Gasteiger charge is -2.34. The maximum absolute atomic E-state index is 12.5. The van der Waals surface area contributed by atoms with Crippen molar-refractivity contribution in [3.05, 3.63) is 35.9 Å². The molecule has 4 heteroatoms. The van der Waals surface area contributed by atoms with Crippen molar-refractivity contribution in [1.29, 1.82) is 0 Å². The lowest BCUT2D eigenvalue weighted by atomic mass is 9.81. The van der Waals surface area contributed by atoms with Crippen molar-refractivity contribution in [2.75, 3.05) is 19.6 Å². The highest BCUT2D eigenvalue weighted by atomic mass is 16.1. The first-order valence-electron chi connectivity index (χ1n) is 9.51. The van der Waals surface area contributed by atoms with Gasteiger partial charge in [0, 0.05) is 31.6 Å². The van der Waals surface area contributed by atoms with E-state index in [1.54, 1.807) is 0 Å². The van der Waals surface area contributed by atoms with Gasteiger partial charge in [-0.3, -0.25) is 9.69 Å². The van der Waals surface area contributed by atoms with Crippen molar-refractivity contribution >= 4 is 5.91 Å². The molecule has 0 spiro atoms. The molecule has 4 nitrogen and oxygen atoms in total. The van der Waals surface area contributed by atoms with Crippen LogP contribution in [0.15, 0.2) is 30.3 Å². The molecule has 0 radical (unpaired) electrons. The van der Waals surface area contributed by atoms with Gasteiger partial charge in [0.1, 0.15) is 0 Å². The monoisotopic (exact) mass is 329 g/mol. The minimum atomic E-state index is 0.218. The normalized spacial score (nSPS) is 26.2. The molecule has 3 N–H and O–H groups in total. The first-order chi connectivity index (χ1) is 11.7. The average Bonchev–Trinajstić information content (AvgIpc) is 2.64. The topological polar surface area (TPSA) is 58.4 Å². The third-order valence-electron chi connectivity index (χ3n) is 5.73. The Morgan fingerprint density at radius 1 is 1.04 bits per heavy atom. The molecule has 0 aromatic heterocycles. The minimum Gasteiger partial charge on any atom is -0.353 e. The summed E-state index contributed by atoms with van der Waals surface area (Å²) in [5, 5.41) is 3.31. The number of rotatable bonds is 5. The fourth-order valence-electron chi connectivity index (χ4n) is 4.06. The van der Waals surface area contributed by atoms with Crippen LogP contribution in [0.4, 0.5) is 0 Å². The van der Waals surface area contributed by atoms with Crippen molar-refractivity contribution in [2.24, 2.45) is 17.6 Å². The predicted molar refractivity (Wildman–Crippen MR) is 97.4 cm³/mol. The summed E-state index contributed by atoms with van der Waals surface area (Å²) in [7, 11) is 0. The van der Waals surface area contributed by atoms with Crippen LogP contribution < -0.4 is 11.1 Å². The Hall–Kier alpha value is -1.39. The van der Waals surface area contributed by atoms with Crippen LogP contribution in [0.25, 0.3) is 0 Å². The highest BCUT2D eigenvalue weighted by Gasteiger charge is 2.28. The van der Waals surface area contributed by atoms with Crippen LogP contribution in [0.1, 0.15) is 44.1 Å². The summed E-state index contributed by atoms with van der Waals surface area (Å²) in [5.41, 5.74) is 7.11. The molecule has 1 amide bonds. The van der Waals surface area contributed by atoms with Gasteiger partial charge in [-0.1, -0.05) is 30.3 Å². The van der Waals surface area contributed by atoms with Crippen LogP contribution in [0.2, 0.25) is 0 Å². The molecular formula is C20H31N3O. The molecule has 0 bridgehead atoms. The number of carbonyl (C=O) groups is 1. The van der Waals surface area contributed by atoms with Gasteiger partial charge in [-0.15, -0.1) is 0 Å². The summed E-state index contributed by atoms with van der Waals surface area (Å²) in [6.45, 7) is 3.93. The smallest absolute Gasteiger partial charge is 0.223 e. The van der Waals surface area contributed by atoms with E-state index in [0.29, 0.717) is 12.0 Å². The van der Waals surface area contributed by atoms with E-state index >= 15 is 0 Å². The lowest BCUT2D eigenvalue weighted by molar-refractivity contribution is -0.127. The van der Waals surface area contributed by atoms with Crippen molar-refractivity contribution < 1.29 is 4.79 Å². The standard InChI is InChI=1S/C20H31N3O/c21-14-16-6-8-18(9-7-16)20(24)22-19-10-12-23(13-11-19)15-17-4-2-1-3-5-17/h1-5,16,18-19H,6-15,21H2,(H,22,24). The summed E-state index contributed by atoms with van der Waals surface area (Å²) in [6.07, 6.45) is 6.39. The molecule has 1 aliphatic heterocycles. The second-order valence-corrected chi connectivity index (χ2v) is 7.50. The molecule has 1 aromatic carbocycles. The van der Waals surface area contributed by atoms with Crippen LogP contribution in [0.3, 0.4) is 0 Å². The third kappa shape index (κ3) is 4.81. The molecule has 0 atom stereocenters. The van der Waals surface area contributed by atoms with Crippen LogP contribution in [0, 0.1) is 11.8 Å². The molecule has 2 aliphatic rings. The van der Waals surface area contributed by atoms with E-state index in [-0.39, 0.29) is 11.8 Å². The lowest BCUT2D eigenvalue weighted by Crippen LogP contribution is -2.46. The third-order valence-corrected chi connectivity index (χ3v) is 5.73. The molecule has 2 fully saturated rings. The second-order valence-electron chi connectivity index (χ2n) is 7.50. The first-order valence-corrected chi connectivity index (χ1v) is 9.51. The first kappa shape index (κ1) is 17.4. The average molecular weight is 329 g/mol. The van der Waals surface area contributed by atoms with E-state index in [1.807, 2.05) is 0 Å². The van der Waals surface area contributed by atoms with Gasteiger partial charge in [-0.2, -0.15) is 0 Å². The van der Waals surface area contributed by atoms with E-state index in [9.17, 15) is 4.79 Å². The Balaban J connectivity index is 1.38. The van der Waals surface area contributed by atoms with Gasteiger partial charge < -0.3 is 11.1 Å². The maximum Gasteiger partial charge on any atom is 0.223 e. The summed E-state index contributed by atoms with van der Waals surface area (Å²) >= 11 is 0. The van der Waals surface area contributed by atoms with E-state index in [1.165, 1.54) is 5.56 Å². The number of benzene rings is 1. The van der Waals surface area contributed by atoms with Gasteiger partial charge in [0.2, 0.25) is 5.91 Å². The summed E-state index contributed by atoms with van der Waals surface area (Å²) in [6, 6.07) is 11.0. The number of nitrogens with one attached hydrogen (secondary N) is 1. The molecule has 1 saturated carbocycles. The molecular weight excluding hydrogens is 298 g/mol. The van der Waals surface area contributed by atoms with Crippen molar-refractivity contribution in [3.8, 4) is 0 Å². The summed E-state index contributed by atoms with van der Waals surface area (Å²) in [4.78, 5) is 15.0. The number of likely N-dealkylation sites (tertiary alicyclic amines) is 1. The molecule has 1 heterocycles. The fraction of sp³-hybridized carbons (Fsp3) is 0.650. The zero-order chi connectivity index (χ0) is 16.8. The number of hydrogen-bond acceptors (Lipinski definition) is 3. The van der Waals surface area contributed by atoms with Crippen LogP contribution >= 0.6 is 0 Å². The number of amides is 1. The van der Waals surface area contributed by atoms with E-state index in [0.717, 1.165) is 64.7 Å². The van der Waals surface area contributed by atoms with Gasteiger partial charge in [-0.25, -0.2) is 0 Å². The second kappa shape index (κ2) is 8.63. The number of nitrogens with two attached hydrogens (primary N) is 1. The summed E-state index contributed by atoms with van der Waals surface area (Å²) in [5.74, 6) is 1.14. The number of carbonyl (C=O) groups excluding carboxylic acids is 1. The van der Waals surface area contributed by atoms with Crippen LogP contribution in [-0.4, -0.2) is 36.5 Å². The Kier molecular flexibility index (Phi) is 6.27. The van der Waals surface area contributed by atoms with Crippen molar-refractivity contribution in [3.63, 3.8) is 0 Å². The highest BCUT2D eigenvalue weighted by Crippen LogP contribution is 2.28. The Labute approximate surface area is 145 Å². The van der Waals surface area contributed by atoms with Crippen LogP contribution in [0.5, 0.6) is 0 Å². The molecule has 24 heavy (non-hydrogen) atoms. The molecule has 132 valence electrons. The van der Waals surface area contributed by atoms with Gasteiger partial charge in [-0.05, 0) is 56.6 Å². The summed E-state index contributed by atoms with van der Waals surface area (Å²) < 4.78 is 0. The molecule has 0 unspecified atom stereocenters. The SMILES string of the molecule is NCC1CCC(C(=O)NC2CCN(Cc3ccccc3)CC2)CC1. The van der Waals surface area contributed by atoms with Gasteiger partial charge in [0.05, 0.1) is 0 Å². The number of hydrogen-bond donors (Lipinski definition) is 2. The van der Waals surface area contributed by atoms with Gasteiger partial charge in [0.15, 0.2) is 0 Å². The predicted octanol–water partition coefficient (Wildman–Crippen LogP) is 2.53. The largest absolute Gasteiger partial charge is 0.353 e. The Bertz CT molecular complexity index is 503. The van der Waals surface area contributed by atoms with Crippen molar-refractivity contribution in [1.82, 2.24) is 10.2 Å². The van der Waals surface area contributed by atoms with Gasteiger partial charge in [0.25, 0.3) is 0 Å². The van der Waals surface area contributed by atoms with Crippen molar-refractivity contribution in [2.45, 2.75) is 51.1 Å². The van der Waals surface area contributed by atoms with Gasteiger partial charge >= 0.3 is 0 Å². The van der Waals surface area contributed by atoms with E-state index < -0.39 is 0 Å². The molecule has 1 aromatic rings.